The first-order valence-electron chi connectivity index (χ1n) is 21.8. The zero-order valence-corrected chi connectivity index (χ0v) is 44.8. The molecule has 0 aliphatic rings. The van der Waals surface area contributed by atoms with Gasteiger partial charge in [0.1, 0.15) is 33.5 Å². The predicted octanol–water partition coefficient (Wildman–Crippen LogP) is 11.0. The fraction of sp³-hybridized carbons (Fsp3) is 0.308. The number of ether oxygens (including phenoxy) is 4. The van der Waals surface area contributed by atoms with Gasteiger partial charge in [0.25, 0.3) is 11.4 Å². The van der Waals surface area contributed by atoms with Crippen LogP contribution in [-0.4, -0.2) is 67.2 Å². The van der Waals surface area contributed by atoms with Gasteiger partial charge in [0, 0.05) is 32.8 Å². The molecule has 0 saturated carbocycles. The Bertz CT molecular complexity index is 2780. The Hall–Kier alpha value is -8.13. The molecule has 5 aromatic rings. The molecule has 0 spiro atoms. The summed E-state index contributed by atoms with van der Waals surface area (Å²) in [7, 11) is 0. The normalized spacial score (nSPS) is 10.7. The summed E-state index contributed by atoms with van der Waals surface area (Å²) in [6.07, 6.45) is 0. The molecule has 0 radical (unpaired) electrons. The fourth-order valence-corrected chi connectivity index (χ4v) is 5.63. The number of anilines is 3. The summed E-state index contributed by atoms with van der Waals surface area (Å²) in [5.41, 5.74) is 16.5. The lowest BCUT2D eigenvalue weighted by molar-refractivity contribution is -0.385. The molecule has 0 aromatic heterocycles. The summed E-state index contributed by atoms with van der Waals surface area (Å²) in [6, 6.07) is 29.6. The number of carbonyl (C=O) groups excluding carboxylic acids is 4. The third-order valence-corrected chi connectivity index (χ3v) is 8.74. The van der Waals surface area contributed by atoms with Gasteiger partial charge in [0.05, 0.1) is 38.2 Å². The monoisotopic (exact) mass is 1120 g/mol. The minimum absolute atomic E-state index is 0.0255. The largest absolute Gasteiger partial charge is 0.477 e. The fourth-order valence-electron chi connectivity index (χ4n) is 5.14. The third kappa shape index (κ3) is 24.0. The first kappa shape index (κ1) is 62.9. The van der Waals surface area contributed by atoms with Gasteiger partial charge in [-0.25, -0.2) is 24.0 Å². The second kappa shape index (κ2) is 27.5. The lowest BCUT2D eigenvalue weighted by Crippen LogP contribution is -2.24. The van der Waals surface area contributed by atoms with Crippen LogP contribution in [0, 0.1) is 35.1 Å². The number of hydrogen-bond acceptors (Lipinski definition) is 17. The number of carbonyl (C=O) groups is 5. The third-order valence-electron chi connectivity index (χ3n) is 8.07. The van der Waals surface area contributed by atoms with E-state index in [0.29, 0.717) is 33.8 Å². The van der Waals surface area contributed by atoms with E-state index in [0.717, 1.165) is 9.64 Å². The lowest BCUT2D eigenvalue weighted by Gasteiger charge is -2.20. The van der Waals surface area contributed by atoms with Gasteiger partial charge in [-0.3, -0.25) is 20.2 Å². The van der Waals surface area contributed by atoms with E-state index in [2.05, 4.69) is 22.6 Å². The van der Waals surface area contributed by atoms with Gasteiger partial charge >= 0.3 is 29.8 Å². The summed E-state index contributed by atoms with van der Waals surface area (Å²) in [5, 5.41) is 38.2. The minimum Gasteiger partial charge on any atom is -0.477 e. The molecule has 0 unspecified atom stereocenters. The Balaban J connectivity index is 0.000000458. The van der Waals surface area contributed by atoms with Crippen LogP contribution >= 0.6 is 22.6 Å². The molecule has 0 aliphatic carbocycles. The second-order valence-electron chi connectivity index (χ2n) is 19.1. The number of nitro benzene ring substituents is 2. The molecule has 0 saturated heterocycles. The number of nitrogens with two attached hydrogens (primary N) is 3. The lowest BCUT2D eigenvalue weighted by atomic mass is 10.1. The average molecular weight is 1120 g/mol. The van der Waals surface area contributed by atoms with Crippen molar-refractivity contribution in [2.45, 2.75) is 105 Å². The van der Waals surface area contributed by atoms with E-state index in [4.69, 9.17) is 46.5 Å². The van der Waals surface area contributed by atoms with Crippen molar-refractivity contribution in [1.82, 2.24) is 0 Å². The van der Waals surface area contributed by atoms with E-state index < -0.39 is 50.2 Å². The summed E-state index contributed by atoms with van der Waals surface area (Å²) in [5.74, 6) is -3.24. The summed E-state index contributed by atoms with van der Waals surface area (Å²) >= 11 is 2.13. The van der Waals surface area contributed by atoms with Crippen molar-refractivity contribution >= 4 is 80.9 Å². The first-order valence-corrected chi connectivity index (χ1v) is 22.9. The molecule has 0 heterocycles. The van der Waals surface area contributed by atoms with Crippen LogP contribution in [0.2, 0.25) is 0 Å². The maximum absolute atomic E-state index is 11.7. The number of nitriles is 1. The summed E-state index contributed by atoms with van der Waals surface area (Å²) in [6.45, 7) is 21.4. The van der Waals surface area contributed by atoms with E-state index in [-0.39, 0.29) is 40.0 Å². The number of nitrogens with zero attached hydrogens (tertiary/aromatic N) is 3. The molecule has 21 heteroatoms. The zero-order valence-electron chi connectivity index (χ0n) is 42.6. The number of nitrogen functional groups attached to an aromatic ring is 3. The summed E-state index contributed by atoms with van der Waals surface area (Å²) < 4.78 is 21.6. The van der Waals surface area contributed by atoms with Crippen molar-refractivity contribution in [2.24, 2.45) is 0 Å². The SMILES string of the molecule is CC(C)(C)OC(=O)c1cc(C#N)ccc1N.CC(C)(C)OC(=O)c1cc(I)ccc1N.CC(C)(C)OC(=O)c1ccccc1N.CC(C)(C)OC(=O)c1ccccc1[N+](=O)[O-].O=C(O)c1ccccc1[N+](=O)[O-]. The Morgan fingerprint density at radius 2 is 0.808 bits per heavy atom. The van der Waals surface area contributed by atoms with Crippen LogP contribution < -0.4 is 17.2 Å². The van der Waals surface area contributed by atoms with Gasteiger partial charge in [-0.05, 0) is 166 Å². The van der Waals surface area contributed by atoms with Crippen molar-refractivity contribution in [3.8, 4) is 6.07 Å². The molecule has 0 fully saturated rings. The van der Waals surface area contributed by atoms with E-state index >= 15 is 0 Å². The van der Waals surface area contributed by atoms with Crippen LogP contribution in [0.1, 0.15) is 140 Å². The van der Waals surface area contributed by atoms with Crippen LogP contribution in [0.5, 0.6) is 0 Å². The van der Waals surface area contributed by atoms with Crippen LogP contribution in [-0.2, 0) is 18.9 Å². The predicted molar refractivity (Wildman–Crippen MR) is 284 cm³/mol. The molecule has 390 valence electrons. The number of aromatic carboxylic acids is 1. The molecule has 5 aromatic carbocycles. The van der Waals surface area contributed by atoms with Gasteiger partial charge in [-0.2, -0.15) is 5.26 Å². The number of carboxylic acids is 1. The highest BCUT2D eigenvalue weighted by atomic mass is 127. The number of benzene rings is 5. The van der Waals surface area contributed by atoms with Crippen molar-refractivity contribution < 1.29 is 57.9 Å². The minimum atomic E-state index is -1.29. The van der Waals surface area contributed by atoms with Gasteiger partial charge in [0.15, 0.2) is 0 Å². The highest BCUT2D eigenvalue weighted by Gasteiger charge is 2.26. The highest BCUT2D eigenvalue weighted by Crippen LogP contribution is 2.23. The number of para-hydroxylation sites is 3. The number of nitro groups is 2. The van der Waals surface area contributed by atoms with Crippen molar-refractivity contribution in [2.75, 3.05) is 17.2 Å². The van der Waals surface area contributed by atoms with Gasteiger partial charge in [-0.15, -0.1) is 0 Å². The average Bonchev–Trinajstić information content (AvgIpc) is 3.26. The molecule has 7 N–H and O–H groups in total. The zero-order chi connectivity index (χ0) is 56.2. The van der Waals surface area contributed by atoms with Crippen LogP contribution in [0.3, 0.4) is 0 Å². The standard InChI is InChI=1S/C12H14N2O2.C11H14INO2.C11H13NO4.C11H15NO2.C7H5NO4/c1-12(2,3)16-11(15)9-6-8(7-13)4-5-10(9)14;1-11(2,3)15-10(14)8-6-7(12)4-5-9(8)13;1-11(2,3)16-10(13)8-6-4-5-7-9(8)12(14)15;1-11(2,3)14-10(13)8-6-4-5-7-9(8)12;9-7(10)5-3-1-2-4-6(5)8(11)12/h4-6H,14H2,1-3H3;4-6H,13H2,1-3H3;4-7H,1-3H3;4-7H,12H2,1-3H3;1-4H,(H,9,10). The molecule has 5 rings (SSSR count). The molecule has 0 aliphatic heterocycles. The number of halogens is 1. The Labute approximate surface area is 437 Å². The van der Waals surface area contributed by atoms with Crippen molar-refractivity contribution in [1.29, 1.82) is 5.26 Å². The van der Waals surface area contributed by atoms with Crippen LogP contribution in [0.15, 0.2) is 109 Å². The second-order valence-corrected chi connectivity index (χ2v) is 20.3. The summed E-state index contributed by atoms with van der Waals surface area (Å²) in [4.78, 5) is 76.8. The first-order chi connectivity index (χ1) is 33.5. The maximum atomic E-state index is 11.7. The number of carboxylic acid groups (broad SMARTS) is 1. The number of rotatable bonds is 7. The van der Waals surface area contributed by atoms with Gasteiger partial charge in [0.2, 0.25) is 0 Å². The topological polar surface area (TPSA) is 331 Å². The molecule has 0 atom stereocenters. The molecule has 0 bridgehead atoms. The number of hydrogen-bond donors (Lipinski definition) is 4. The Kier molecular flexibility index (Phi) is 23.7. The molecule has 20 nitrogen and oxygen atoms in total. The molecule has 73 heavy (non-hydrogen) atoms. The van der Waals surface area contributed by atoms with Crippen molar-refractivity contribution in [3.63, 3.8) is 0 Å². The van der Waals surface area contributed by atoms with Crippen LogP contribution in [0.4, 0.5) is 28.4 Å². The molecular weight excluding hydrogens is 1060 g/mol. The molecule has 0 amide bonds. The van der Waals surface area contributed by atoms with E-state index in [1.54, 1.807) is 90.1 Å². The quantitative estimate of drug-likeness (QED) is 0.0294. The smallest absolute Gasteiger partial charge is 0.345 e. The Morgan fingerprint density at radius 3 is 1.18 bits per heavy atom. The Morgan fingerprint density at radius 1 is 0.493 bits per heavy atom. The van der Waals surface area contributed by atoms with Gasteiger partial charge < -0.3 is 41.3 Å². The van der Waals surface area contributed by atoms with Gasteiger partial charge in [-0.1, -0.05) is 36.4 Å². The van der Waals surface area contributed by atoms with E-state index in [1.165, 1.54) is 48.5 Å². The molecular formula is C52H61IN6O14. The van der Waals surface area contributed by atoms with Crippen molar-refractivity contribution in [3.05, 3.63) is 166 Å². The highest BCUT2D eigenvalue weighted by molar-refractivity contribution is 14.1. The maximum Gasteiger partial charge on any atom is 0.345 e. The van der Waals surface area contributed by atoms with E-state index in [9.17, 15) is 44.2 Å². The van der Waals surface area contributed by atoms with E-state index in [1.807, 2.05) is 53.7 Å². The number of esters is 4. The van der Waals surface area contributed by atoms with Crippen LogP contribution in [0.25, 0.3) is 0 Å².